The molecule has 0 unspecified atom stereocenters. The number of rotatable bonds is 4. The molecule has 1 heterocycles. The van der Waals surface area contributed by atoms with Gasteiger partial charge in [0.15, 0.2) is 0 Å². The van der Waals surface area contributed by atoms with E-state index < -0.39 is 10.0 Å². The standard InChI is InChI=1S/C14H19ClN2O4S/c1-10-8-17(9-11(2)21-10)22(19,20)13-5-3-12(4-6-13)16-14(18)7-15/h3-6,10-11H,7-9H2,1-2H3,(H,16,18)/t10-,11+. The number of nitrogens with zero attached hydrogens (tertiary/aromatic N) is 1. The van der Waals surface area contributed by atoms with E-state index in [1.54, 1.807) is 12.1 Å². The van der Waals surface area contributed by atoms with Gasteiger partial charge in [-0.1, -0.05) is 0 Å². The van der Waals surface area contributed by atoms with Crippen LogP contribution in [0.25, 0.3) is 0 Å². The van der Waals surface area contributed by atoms with E-state index in [0.29, 0.717) is 18.8 Å². The number of halogens is 1. The van der Waals surface area contributed by atoms with E-state index >= 15 is 0 Å². The minimum Gasteiger partial charge on any atom is -0.373 e. The van der Waals surface area contributed by atoms with Crippen LogP contribution in [0.15, 0.2) is 29.2 Å². The van der Waals surface area contributed by atoms with E-state index in [4.69, 9.17) is 16.3 Å². The fraction of sp³-hybridized carbons (Fsp3) is 0.500. The highest BCUT2D eigenvalue weighted by atomic mass is 35.5. The van der Waals surface area contributed by atoms with E-state index in [1.807, 2.05) is 13.8 Å². The van der Waals surface area contributed by atoms with Crippen molar-refractivity contribution in [3.05, 3.63) is 24.3 Å². The van der Waals surface area contributed by atoms with Gasteiger partial charge in [-0.3, -0.25) is 4.79 Å². The first-order valence-corrected chi connectivity index (χ1v) is 8.92. The van der Waals surface area contributed by atoms with Crippen LogP contribution in [0.5, 0.6) is 0 Å². The number of ether oxygens (including phenoxy) is 1. The lowest BCUT2D eigenvalue weighted by Gasteiger charge is -2.34. The van der Waals surface area contributed by atoms with Gasteiger partial charge in [-0.15, -0.1) is 11.6 Å². The SMILES string of the molecule is C[C@@H]1CN(S(=O)(=O)c2ccc(NC(=O)CCl)cc2)C[C@H](C)O1. The average Bonchev–Trinajstić information content (AvgIpc) is 2.46. The fourth-order valence-electron chi connectivity index (χ4n) is 2.38. The summed E-state index contributed by atoms with van der Waals surface area (Å²) in [5.41, 5.74) is 0.508. The second-order valence-corrected chi connectivity index (χ2v) is 7.49. The van der Waals surface area contributed by atoms with Gasteiger partial charge < -0.3 is 10.1 Å². The summed E-state index contributed by atoms with van der Waals surface area (Å²) < 4.78 is 32.2. The monoisotopic (exact) mass is 346 g/mol. The molecule has 0 radical (unpaired) electrons. The van der Waals surface area contributed by atoms with Crippen molar-refractivity contribution in [3.63, 3.8) is 0 Å². The summed E-state index contributed by atoms with van der Waals surface area (Å²) in [4.78, 5) is 11.4. The smallest absolute Gasteiger partial charge is 0.243 e. The predicted molar refractivity (Wildman–Crippen MR) is 84.6 cm³/mol. The first-order valence-electron chi connectivity index (χ1n) is 6.94. The Labute approximate surface area is 135 Å². The number of benzene rings is 1. The van der Waals surface area contributed by atoms with Crippen molar-refractivity contribution >= 4 is 33.2 Å². The number of carbonyl (C=O) groups excluding carboxylic acids is 1. The Morgan fingerprint density at radius 1 is 1.27 bits per heavy atom. The number of amides is 1. The zero-order valence-corrected chi connectivity index (χ0v) is 14.0. The molecule has 0 bridgehead atoms. The van der Waals surface area contributed by atoms with E-state index in [1.165, 1.54) is 16.4 Å². The Kier molecular flexibility index (Phi) is 5.44. The number of hydrogen-bond acceptors (Lipinski definition) is 4. The molecule has 22 heavy (non-hydrogen) atoms. The van der Waals surface area contributed by atoms with Crippen LogP contribution in [0, 0.1) is 0 Å². The molecule has 1 aromatic carbocycles. The van der Waals surface area contributed by atoms with Gasteiger partial charge in [-0.2, -0.15) is 4.31 Å². The predicted octanol–water partition coefficient (Wildman–Crippen LogP) is 1.66. The van der Waals surface area contributed by atoms with Gasteiger partial charge in [0, 0.05) is 18.8 Å². The maximum absolute atomic E-state index is 12.6. The number of morpholine rings is 1. The highest BCUT2D eigenvalue weighted by Gasteiger charge is 2.32. The quantitative estimate of drug-likeness (QED) is 0.841. The highest BCUT2D eigenvalue weighted by molar-refractivity contribution is 7.89. The van der Waals surface area contributed by atoms with Crippen LogP contribution in [0.1, 0.15) is 13.8 Å². The first-order chi connectivity index (χ1) is 10.3. The summed E-state index contributed by atoms with van der Waals surface area (Å²) in [7, 11) is -3.56. The van der Waals surface area contributed by atoms with Gasteiger partial charge in [-0.05, 0) is 38.1 Å². The highest BCUT2D eigenvalue weighted by Crippen LogP contribution is 2.22. The molecule has 122 valence electrons. The summed E-state index contributed by atoms with van der Waals surface area (Å²) in [5, 5.41) is 2.56. The van der Waals surface area contributed by atoms with E-state index in [9.17, 15) is 13.2 Å². The van der Waals surface area contributed by atoms with E-state index in [2.05, 4.69) is 5.32 Å². The number of carbonyl (C=O) groups is 1. The second-order valence-electron chi connectivity index (χ2n) is 5.29. The van der Waals surface area contributed by atoms with Crippen LogP contribution in [-0.4, -0.2) is 49.8 Å². The lowest BCUT2D eigenvalue weighted by molar-refractivity contribution is -0.113. The van der Waals surface area contributed by atoms with Crippen LogP contribution in [0.2, 0.25) is 0 Å². The Morgan fingerprint density at radius 2 is 1.82 bits per heavy atom. The lowest BCUT2D eigenvalue weighted by Crippen LogP contribution is -2.48. The maximum atomic E-state index is 12.6. The van der Waals surface area contributed by atoms with Crippen molar-refractivity contribution in [3.8, 4) is 0 Å². The van der Waals surface area contributed by atoms with E-state index in [0.717, 1.165) is 0 Å². The minimum atomic E-state index is -3.56. The Balaban J connectivity index is 2.17. The zero-order valence-electron chi connectivity index (χ0n) is 12.5. The molecule has 1 saturated heterocycles. The van der Waals surface area contributed by atoms with Crippen LogP contribution in [0.3, 0.4) is 0 Å². The average molecular weight is 347 g/mol. The fourth-order valence-corrected chi connectivity index (χ4v) is 4.04. The summed E-state index contributed by atoms with van der Waals surface area (Å²) in [6, 6.07) is 6.04. The van der Waals surface area contributed by atoms with Crippen molar-refractivity contribution in [1.29, 1.82) is 0 Å². The second kappa shape index (κ2) is 6.95. The van der Waals surface area contributed by atoms with Crippen molar-refractivity contribution < 1.29 is 17.9 Å². The summed E-state index contributed by atoms with van der Waals surface area (Å²) in [5.74, 6) is -0.489. The normalized spacial score (nSPS) is 23.2. The Bertz CT molecular complexity index is 623. The molecule has 1 aromatic rings. The van der Waals surface area contributed by atoms with Crippen LogP contribution >= 0.6 is 11.6 Å². The molecule has 2 rings (SSSR count). The van der Waals surface area contributed by atoms with Crippen LogP contribution < -0.4 is 5.32 Å². The van der Waals surface area contributed by atoms with Gasteiger partial charge in [0.1, 0.15) is 5.88 Å². The molecule has 1 aliphatic heterocycles. The molecule has 6 nitrogen and oxygen atoms in total. The number of alkyl halides is 1. The molecule has 2 atom stereocenters. The molecular formula is C14H19ClN2O4S. The Hall–Kier alpha value is -1.15. The maximum Gasteiger partial charge on any atom is 0.243 e. The lowest BCUT2D eigenvalue weighted by atomic mass is 10.3. The third-order valence-corrected chi connectivity index (χ3v) is 5.37. The first kappa shape index (κ1) is 17.2. The van der Waals surface area contributed by atoms with Crippen molar-refractivity contribution in [2.24, 2.45) is 0 Å². The largest absolute Gasteiger partial charge is 0.373 e. The number of hydrogen-bond donors (Lipinski definition) is 1. The van der Waals surface area contributed by atoms with Gasteiger partial charge in [0.2, 0.25) is 15.9 Å². The topological polar surface area (TPSA) is 75.7 Å². The number of sulfonamides is 1. The van der Waals surface area contributed by atoms with Gasteiger partial charge in [0.05, 0.1) is 17.1 Å². The van der Waals surface area contributed by atoms with Crippen LogP contribution in [-0.2, 0) is 19.6 Å². The zero-order chi connectivity index (χ0) is 16.3. The molecule has 0 spiro atoms. The Morgan fingerprint density at radius 3 is 2.32 bits per heavy atom. The molecule has 0 aliphatic carbocycles. The number of anilines is 1. The summed E-state index contributed by atoms with van der Waals surface area (Å²) in [6.45, 7) is 4.36. The number of nitrogens with one attached hydrogen (secondary N) is 1. The minimum absolute atomic E-state index is 0.138. The summed E-state index contributed by atoms with van der Waals surface area (Å²) >= 11 is 5.41. The third kappa shape index (κ3) is 3.98. The van der Waals surface area contributed by atoms with E-state index in [-0.39, 0.29) is 28.9 Å². The molecular weight excluding hydrogens is 328 g/mol. The molecule has 1 amide bonds. The molecule has 1 N–H and O–H groups in total. The van der Waals surface area contributed by atoms with Crippen LogP contribution in [0.4, 0.5) is 5.69 Å². The van der Waals surface area contributed by atoms with Crippen molar-refractivity contribution in [1.82, 2.24) is 4.31 Å². The molecule has 1 fully saturated rings. The molecule has 0 saturated carbocycles. The van der Waals surface area contributed by atoms with Crippen molar-refractivity contribution in [2.45, 2.75) is 31.0 Å². The van der Waals surface area contributed by atoms with Gasteiger partial charge in [0.25, 0.3) is 0 Å². The molecule has 8 heteroatoms. The van der Waals surface area contributed by atoms with Gasteiger partial charge >= 0.3 is 0 Å². The third-order valence-electron chi connectivity index (χ3n) is 3.28. The van der Waals surface area contributed by atoms with Crippen molar-refractivity contribution in [2.75, 3.05) is 24.3 Å². The molecule has 1 aliphatic rings. The molecule has 0 aromatic heterocycles. The summed E-state index contributed by atoms with van der Waals surface area (Å²) in [6.07, 6.45) is -0.276. The van der Waals surface area contributed by atoms with Gasteiger partial charge in [-0.25, -0.2) is 8.42 Å².